The fourth-order valence-electron chi connectivity index (χ4n) is 2.82. The third-order valence-corrected chi connectivity index (χ3v) is 6.30. The number of anilines is 2. The number of nitrogens with zero attached hydrogens (tertiary/aromatic N) is 2. The number of para-hydroxylation sites is 2. The molecule has 0 aliphatic rings. The zero-order valence-electron chi connectivity index (χ0n) is 16.1. The van der Waals surface area contributed by atoms with Crippen LogP contribution in [0.15, 0.2) is 83.8 Å². The first-order chi connectivity index (χ1) is 13.8. The maximum absolute atomic E-state index is 14.5. The Kier molecular flexibility index (Phi) is 5.98. The highest BCUT2D eigenvalue weighted by atomic mass is 32.2. The highest BCUT2D eigenvalue weighted by Crippen LogP contribution is 2.27. The number of rotatable bonds is 6. The number of halogens is 1. The van der Waals surface area contributed by atoms with Crippen molar-refractivity contribution in [3.05, 3.63) is 90.2 Å². The Morgan fingerprint density at radius 3 is 2.10 bits per heavy atom. The molecule has 3 aromatic carbocycles. The maximum atomic E-state index is 14.5. The highest BCUT2D eigenvalue weighted by Gasteiger charge is 2.30. The highest BCUT2D eigenvalue weighted by molar-refractivity contribution is 7.92. The molecule has 0 saturated carbocycles. The lowest BCUT2D eigenvalue weighted by Crippen LogP contribution is -2.42. The molecular formula is C22H21FN2O3S. The lowest BCUT2D eigenvalue weighted by Gasteiger charge is -2.27. The fourth-order valence-corrected chi connectivity index (χ4v) is 4.24. The van der Waals surface area contributed by atoms with Crippen molar-refractivity contribution < 1.29 is 17.6 Å². The molecule has 7 heteroatoms. The number of carbonyl (C=O) groups excluding carboxylic acids is 1. The summed E-state index contributed by atoms with van der Waals surface area (Å²) in [7, 11) is -2.61. The number of benzene rings is 3. The molecule has 0 aliphatic carbocycles. The van der Waals surface area contributed by atoms with Crippen molar-refractivity contribution in [1.82, 2.24) is 0 Å². The van der Waals surface area contributed by atoms with Gasteiger partial charge in [0, 0.05) is 12.7 Å². The van der Waals surface area contributed by atoms with Gasteiger partial charge in [0.25, 0.3) is 10.0 Å². The third kappa shape index (κ3) is 4.46. The number of aryl methyl sites for hydroxylation is 1. The van der Waals surface area contributed by atoms with Crippen LogP contribution in [-0.4, -0.2) is 27.9 Å². The second-order valence-corrected chi connectivity index (χ2v) is 8.43. The molecule has 0 bridgehead atoms. The summed E-state index contributed by atoms with van der Waals surface area (Å²) in [6.45, 7) is 1.30. The molecule has 1 amide bonds. The minimum absolute atomic E-state index is 0.0125. The van der Waals surface area contributed by atoms with E-state index in [1.54, 1.807) is 43.4 Å². The van der Waals surface area contributed by atoms with Gasteiger partial charge in [0.15, 0.2) is 0 Å². The zero-order chi connectivity index (χ0) is 21.0. The van der Waals surface area contributed by atoms with Crippen molar-refractivity contribution in [2.24, 2.45) is 0 Å². The molecular weight excluding hydrogens is 391 g/mol. The van der Waals surface area contributed by atoms with Crippen LogP contribution in [0.3, 0.4) is 0 Å². The van der Waals surface area contributed by atoms with Gasteiger partial charge < -0.3 is 4.90 Å². The average molecular weight is 412 g/mol. The molecule has 0 fully saturated rings. The minimum Gasteiger partial charge on any atom is -0.314 e. The molecule has 0 N–H and O–H groups in total. The lowest BCUT2D eigenvalue weighted by atomic mass is 10.2. The molecule has 3 aromatic rings. The van der Waals surface area contributed by atoms with Gasteiger partial charge in [-0.05, 0) is 43.3 Å². The topological polar surface area (TPSA) is 57.7 Å². The van der Waals surface area contributed by atoms with Crippen LogP contribution in [0.25, 0.3) is 0 Å². The number of amides is 1. The Bertz CT molecular complexity index is 1100. The molecule has 0 heterocycles. The number of likely N-dealkylation sites (N-methyl/N-ethyl adjacent to an activating group) is 1. The van der Waals surface area contributed by atoms with Gasteiger partial charge in [0.05, 0.1) is 10.6 Å². The first-order valence-electron chi connectivity index (χ1n) is 8.96. The van der Waals surface area contributed by atoms with Gasteiger partial charge in [-0.25, -0.2) is 12.8 Å². The first kappa shape index (κ1) is 20.5. The van der Waals surface area contributed by atoms with Gasteiger partial charge in [-0.15, -0.1) is 0 Å². The monoisotopic (exact) mass is 412 g/mol. The van der Waals surface area contributed by atoms with E-state index in [2.05, 4.69) is 0 Å². The van der Waals surface area contributed by atoms with Gasteiger partial charge in [-0.3, -0.25) is 9.10 Å². The van der Waals surface area contributed by atoms with E-state index in [0.29, 0.717) is 5.69 Å². The summed E-state index contributed by atoms with van der Waals surface area (Å²) in [4.78, 5) is 14.2. The summed E-state index contributed by atoms with van der Waals surface area (Å²) < 4.78 is 41.9. The second-order valence-electron chi connectivity index (χ2n) is 6.56. The number of carbonyl (C=O) groups is 1. The van der Waals surface area contributed by atoms with E-state index < -0.39 is 28.3 Å². The van der Waals surface area contributed by atoms with E-state index in [9.17, 15) is 17.6 Å². The molecule has 0 spiro atoms. The number of hydrogen-bond donors (Lipinski definition) is 0. The van der Waals surface area contributed by atoms with Gasteiger partial charge in [0.2, 0.25) is 5.91 Å². The van der Waals surface area contributed by atoms with Gasteiger partial charge in [0.1, 0.15) is 12.4 Å². The Hall–Kier alpha value is -3.19. The molecule has 5 nitrogen and oxygen atoms in total. The van der Waals surface area contributed by atoms with Crippen molar-refractivity contribution in [1.29, 1.82) is 0 Å². The van der Waals surface area contributed by atoms with Crippen molar-refractivity contribution in [3.63, 3.8) is 0 Å². The van der Waals surface area contributed by atoms with Crippen LogP contribution in [0.4, 0.5) is 15.8 Å². The van der Waals surface area contributed by atoms with Crippen LogP contribution in [0.5, 0.6) is 0 Å². The molecule has 0 saturated heterocycles. The van der Waals surface area contributed by atoms with Crippen LogP contribution >= 0.6 is 0 Å². The Morgan fingerprint density at radius 1 is 0.897 bits per heavy atom. The normalized spacial score (nSPS) is 11.1. The third-order valence-electron chi connectivity index (χ3n) is 4.53. The standard InChI is InChI=1S/C22H21FN2O3S/c1-17-12-14-19(15-13-17)29(27,28)25(21-11-7-6-10-20(21)23)16-22(26)24(2)18-8-4-3-5-9-18/h3-15H,16H2,1-2H3. The molecule has 3 rings (SSSR count). The lowest BCUT2D eigenvalue weighted by molar-refractivity contribution is -0.116. The molecule has 0 atom stereocenters. The molecule has 0 aromatic heterocycles. The summed E-state index contributed by atoms with van der Waals surface area (Å²) in [5, 5.41) is 0. The van der Waals surface area contributed by atoms with Gasteiger partial charge in [-0.2, -0.15) is 0 Å². The fraction of sp³-hybridized carbons (Fsp3) is 0.136. The Morgan fingerprint density at radius 2 is 1.48 bits per heavy atom. The average Bonchev–Trinajstić information content (AvgIpc) is 2.73. The number of sulfonamides is 1. The second kappa shape index (κ2) is 8.45. The van der Waals surface area contributed by atoms with Crippen LogP contribution in [0.2, 0.25) is 0 Å². The van der Waals surface area contributed by atoms with Crippen molar-refractivity contribution >= 4 is 27.3 Å². The molecule has 0 radical (unpaired) electrons. The summed E-state index contributed by atoms with van der Waals surface area (Å²) >= 11 is 0. The summed E-state index contributed by atoms with van der Waals surface area (Å²) in [6, 6.07) is 20.6. The Labute approximate surface area is 170 Å². The van der Waals surface area contributed by atoms with Gasteiger partial charge in [-0.1, -0.05) is 48.0 Å². The van der Waals surface area contributed by atoms with Crippen LogP contribution < -0.4 is 9.21 Å². The molecule has 0 unspecified atom stereocenters. The van der Waals surface area contributed by atoms with Crippen molar-refractivity contribution in [2.45, 2.75) is 11.8 Å². The van der Waals surface area contributed by atoms with E-state index in [-0.39, 0.29) is 10.6 Å². The quantitative estimate of drug-likeness (QED) is 0.615. The first-order valence-corrected chi connectivity index (χ1v) is 10.4. The predicted molar refractivity (Wildman–Crippen MR) is 112 cm³/mol. The van der Waals surface area contributed by atoms with E-state index in [1.165, 1.54) is 41.3 Å². The Balaban J connectivity index is 2.01. The van der Waals surface area contributed by atoms with Crippen LogP contribution in [-0.2, 0) is 14.8 Å². The largest absolute Gasteiger partial charge is 0.314 e. The SMILES string of the molecule is Cc1ccc(S(=O)(=O)N(CC(=O)N(C)c2ccccc2)c2ccccc2F)cc1. The minimum atomic E-state index is -4.16. The van der Waals surface area contributed by atoms with E-state index in [0.717, 1.165) is 9.87 Å². The molecule has 150 valence electrons. The summed E-state index contributed by atoms with van der Waals surface area (Å²) in [5.41, 5.74) is 1.32. The van der Waals surface area contributed by atoms with E-state index >= 15 is 0 Å². The zero-order valence-corrected chi connectivity index (χ0v) is 16.9. The van der Waals surface area contributed by atoms with Crippen LogP contribution in [0.1, 0.15) is 5.56 Å². The van der Waals surface area contributed by atoms with Crippen LogP contribution in [0, 0.1) is 12.7 Å². The predicted octanol–water partition coefficient (Wildman–Crippen LogP) is 3.99. The van der Waals surface area contributed by atoms with Crippen molar-refractivity contribution in [2.75, 3.05) is 22.8 Å². The summed E-state index contributed by atoms with van der Waals surface area (Å²) in [6.07, 6.45) is 0. The maximum Gasteiger partial charge on any atom is 0.264 e. The smallest absolute Gasteiger partial charge is 0.264 e. The van der Waals surface area contributed by atoms with E-state index in [4.69, 9.17) is 0 Å². The number of hydrogen-bond acceptors (Lipinski definition) is 3. The van der Waals surface area contributed by atoms with Gasteiger partial charge >= 0.3 is 0 Å². The van der Waals surface area contributed by atoms with E-state index in [1.807, 2.05) is 13.0 Å². The summed E-state index contributed by atoms with van der Waals surface area (Å²) in [5.74, 6) is -1.21. The van der Waals surface area contributed by atoms with Crippen molar-refractivity contribution in [3.8, 4) is 0 Å². The molecule has 29 heavy (non-hydrogen) atoms. The molecule has 0 aliphatic heterocycles.